The molecule has 5 nitrogen and oxygen atoms in total. The Morgan fingerprint density at radius 3 is 2.52 bits per heavy atom. The molecule has 1 unspecified atom stereocenters. The fraction of sp³-hybridized carbons (Fsp3) is 0.0500. The standard InChI is InChI=1S/C20H16N4O/c25-20-16(9-8-14-5-4-12-23-19(14)20)18(15-6-3-10-21-13-15)24-17-7-1-2-11-22-17/h1-13,18,25H,(H,22,24). The number of rotatable bonds is 4. The Balaban J connectivity index is 1.85. The molecular formula is C20H16N4O. The van der Waals surface area contributed by atoms with Crippen molar-refractivity contribution in [2.45, 2.75) is 6.04 Å². The number of hydrogen-bond donors (Lipinski definition) is 2. The van der Waals surface area contributed by atoms with Crippen LogP contribution >= 0.6 is 0 Å². The van der Waals surface area contributed by atoms with Gasteiger partial charge in [-0.2, -0.15) is 0 Å². The molecular weight excluding hydrogens is 312 g/mol. The zero-order valence-electron chi connectivity index (χ0n) is 13.4. The zero-order valence-corrected chi connectivity index (χ0v) is 13.4. The smallest absolute Gasteiger partial charge is 0.147 e. The molecule has 5 heteroatoms. The molecule has 0 spiro atoms. The summed E-state index contributed by atoms with van der Waals surface area (Å²) in [6, 6.07) is 16.9. The third kappa shape index (κ3) is 2.99. The number of nitrogens with zero attached hydrogens (tertiary/aromatic N) is 3. The number of hydrogen-bond acceptors (Lipinski definition) is 5. The molecule has 4 aromatic rings. The Kier molecular flexibility index (Phi) is 3.96. The number of aromatic nitrogens is 3. The van der Waals surface area contributed by atoms with E-state index in [1.807, 2.05) is 54.6 Å². The first kappa shape index (κ1) is 15.1. The molecule has 25 heavy (non-hydrogen) atoms. The second-order valence-corrected chi connectivity index (χ2v) is 5.66. The number of aromatic hydroxyl groups is 1. The highest BCUT2D eigenvalue weighted by Gasteiger charge is 2.20. The summed E-state index contributed by atoms with van der Waals surface area (Å²) in [5, 5.41) is 15.1. The van der Waals surface area contributed by atoms with Crippen molar-refractivity contribution in [1.29, 1.82) is 0 Å². The fourth-order valence-electron chi connectivity index (χ4n) is 2.86. The summed E-state index contributed by atoms with van der Waals surface area (Å²) in [6.45, 7) is 0. The maximum Gasteiger partial charge on any atom is 0.147 e. The number of fused-ring (bicyclic) bond motifs is 1. The van der Waals surface area contributed by atoms with Crippen molar-refractivity contribution >= 4 is 16.7 Å². The van der Waals surface area contributed by atoms with Crippen LogP contribution in [0.25, 0.3) is 10.9 Å². The predicted molar refractivity (Wildman–Crippen MR) is 97.3 cm³/mol. The Hall–Kier alpha value is -3.47. The minimum absolute atomic E-state index is 0.162. The number of phenolic OH excluding ortho intramolecular Hbond substituents is 1. The highest BCUT2D eigenvalue weighted by molar-refractivity contribution is 5.85. The lowest BCUT2D eigenvalue weighted by molar-refractivity contribution is 0.471. The minimum atomic E-state index is -0.296. The first-order valence-electron chi connectivity index (χ1n) is 7.97. The van der Waals surface area contributed by atoms with E-state index in [1.165, 1.54) is 0 Å². The number of pyridine rings is 3. The SMILES string of the molecule is Oc1c(C(Nc2ccccn2)c2cccnc2)ccc2cccnc12. The van der Waals surface area contributed by atoms with Crippen LogP contribution < -0.4 is 5.32 Å². The molecule has 0 aliphatic rings. The summed E-state index contributed by atoms with van der Waals surface area (Å²) in [6.07, 6.45) is 6.91. The predicted octanol–water partition coefficient (Wildman–Crippen LogP) is 3.93. The summed E-state index contributed by atoms with van der Waals surface area (Å²) >= 11 is 0. The van der Waals surface area contributed by atoms with Crippen LogP contribution in [0.4, 0.5) is 5.82 Å². The summed E-state index contributed by atoms with van der Waals surface area (Å²) in [7, 11) is 0. The first-order chi connectivity index (χ1) is 12.3. The molecule has 0 aliphatic heterocycles. The van der Waals surface area contributed by atoms with Gasteiger partial charge in [0, 0.05) is 35.7 Å². The lowest BCUT2D eigenvalue weighted by atomic mass is 9.97. The molecule has 122 valence electrons. The molecule has 0 radical (unpaired) electrons. The molecule has 3 heterocycles. The van der Waals surface area contributed by atoms with Gasteiger partial charge >= 0.3 is 0 Å². The van der Waals surface area contributed by atoms with Gasteiger partial charge in [-0.1, -0.05) is 30.3 Å². The Bertz CT molecular complexity index is 990. The maximum atomic E-state index is 10.8. The van der Waals surface area contributed by atoms with Crippen LogP contribution in [-0.2, 0) is 0 Å². The van der Waals surface area contributed by atoms with Gasteiger partial charge in [0.1, 0.15) is 17.1 Å². The minimum Gasteiger partial charge on any atom is -0.505 e. The van der Waals surface area contributed by atoms with Crippen LogP contribution in [0.1, 0.15) is 17.2 Å². The third-order valence-electron chi connectivity index (χ3n) is 4.06. The van der Waals surface area contributed by atoms with E-state index in [2.05, 4.69) is 20.3 Å². The normalized spacial score (nSPS) is 12.0. The van der Waals surface area contributed by atoms with Crippen molar-refractivity contribution in [3.8, 4) is 5.75 Å². The molecule has 0 saturated heterocycles. The summed E-state index contributed by atoms with van der Waals surface area (Å²) in [4.78, 5) is 12.9. The van der Waals surface area contributed by atoms with E-state index < -0.39 is 0 Å². The second-order valence-electron chi connectivity index (χ2n) is 5.66. The highest BCUT2D eigenvalue weighted by atomic mass is 16.3. The number of benzene rings is 1. The van der Waals surface area contributed by atoms with E-state index in [0.717, 1.165) is 22.3 Å². The zero-order chi connectivity index (χ0) is 17.1. The van der Waals surface area contributed by atoms with E-state index >= 15 is 0 Å². The van der Waals surface area contributed by atoms with Crippen LogP contribution in [0.3, 0.4) is 0 Å². The molecule has 0 bridgehead atoms. The second kappa shape index (κ2) is 6.57. The first-order valence-corrected chi connectivity index (χ1v) is 7.97. The number of phenols is 1. The van der Waals surface area contributed by atoms with Gasteiger partial charge in [0.15, 0.2) is 0 Å². The highest BCUT2D eigenvalue weighted by Crippen LogP contribution is 2.35. The van der Waals surface area contributed by atoms with Crippen molar-refractivity contribution in [1.82, 2.24) is 15.0 Å². The van der Waals surface area contributed by atoms with E-state index in [4.69, 9.17) is 0 Å². The monoisotopic (exact) mass is 328 g/mol. The van der Waals surface area contributed by atoms with E-state index in [9.17, 15) is 5.11 Å². The van der Waals surface area contributed by atoms with Gasteiger partial charge in [-0.25, -0.2) is 4.98 Å². The van der Waals surface area contributed by atoms with Crippen molar-refractivity contribution in [2.75, 3.05) is 5.32 Å². The van der Waals surface area contributed by atoms with Crippen molar-refractivity contribution < 1.29 is 5.11 Å². The molecule has 1 aromatic carbocycles. The fourth-order valence-corrected chi connectivity index (χ4v) is 2.86. The van der Waals surface area contributed by atoms with Crippen LogP contribution in [-0.4, -0.2) is 20.1 Å². The molecule has 2 N–H and O–H groups in total. The van der Waals surface area contributed by atoms with Crippen LogP contribution in [0.5, 0.6) is 5.75 Å². The third-order valence-corrected chi connectivity index (χ3v) is 4.06. The van der Waals surface area contributed by atoms with Gasteiger partial charge in [0.05, 0.1) is 6.04 Å². The average molecular weight is 328 g/mol. The molecule has 0 fully saturated rings. The summed E-state index contributed by atoms with van der Waals surface area (Å²) in [5.74, 6) is 0.882. The van der Waals surface area contributed by atoms with Gasteiger partial charge in [-0.05, 0) is 29.8 Å². The van der Waals surface area contributed by atoms with Crippen molar-refractivity contribution in [3.05, 3.63) is 90.5 Å². The Labute approximate surface area is 145 Å². The lowest BCUT2D eigenvalue weighted by Gasteiger charge is -2.21. The van der Waals surface area contributed by atoms with Gasteiger partial charge in [0.2, 0.25) is 0 Å². The largest absolute Gasteiger partial charge is 0.505 e. The average Bonchev–Trinajstić information content (AvgIpc) is 2.69. The molecule has 0 amide bonds. The van der Waals surface area contributed by atoms with Gasteiger partial charge < -0.3 is 10.4 Å². The van der Waals surface area contributed by atoms with Crippen LogP contribution in [0, 0.1) is 0 Å². The Morgan fingerprint density at radius 1 is 0.840 bits per heavy atom. The summed E-state index contributed by atoms with van der Waals surface area (Å²) in [5.41, 5.74) is 2.24. The number of nitrogens with one attached hydrogen (secondary N) is 1. The number of anilines is 1. The van der Waals surface area contributed by atoms with E-state index in [-0.39, 0.29) is 11.8 Å². The molecule has 4 rings (SSSR count). The molecule has 0 aliphatic carbocycles. The molecule has 0 saturated carbocycles. The van der Waals surface area contributed by atoms with Crippen LogP contribution in [0.15, 0.2) is 79.4 Å². The van der Waals surface area contributed by atoms with E-state index in [0.29, 0.717) is 5.52 Å². The van der Waals surface area contributed by atoms with Gasteiger partial charge in [0.25, 0.3) is 0 Å². The van der Waals surface area contributed by atoms with Crippen LogP contribution in [0.2, 0.25) is 0 Å². The van der Waals surface area contributed by atoms with E-state index in [1.54, 1.807) is 24.8 Å². The van der Waals surface area contributed by atoms with Gasteiger partial charge in [-0.15, -0.1) is 0 Å². The quantitative estimate of drug-likeness (QED) is 0.594. The Morgan fingerprint density at radius 2 is 1.72 bits per heavy atom. The maximum absolute atomic E-state index is 10.8. The summed E-state index contributed by atoms with van der Waals surface area (Å²) < 4.78 is 0. The molecule has 1 atom stereocenters. The lowest BCUT2D eigenvalue weighted by Crippen LogP contribution is -2.14. The van der Waals surface area contributed by atoms with Crippen molar-refractivity contribution in [2.24, 2.45) is 0 Å². The van der Waals surface area contributed by atoms with Gasteiger partial charge in [-0.3, -0.25) is 9.97 Å². The topological polar surface area (TPSA) is 70.9 Å². The molecule has 3 aromatic heterocycles. The van der Waals surface area contributed by atoms with Crippen molar-refractivity contribution in [3.63, 3.8) is 0 Å².